The molecule has 0 aliphatic carbocycles. The number of hydrazone groups is 1. The lowest BCUT2D eigenvalue weighted by Gasteiger charge is -2.07. The highest BCUT2D eigenvalue weighted by Crippen LogP contribution is 2.33. The van der Waals surface area contributed by atoms with Crippen molar-refractivity contribution in [1.82, 2.24) is 0 Å². The minimum Gasteiger partial charge on any atom is -0.497 e. The van der Waals surface area contributed by atoms with Crippen molar-refractivity contribution in [3.63, 3.8) is 0 Å². The van der Waals surface area contributed by atoms with Gasteiger partial charge in [-0.25, -0.2) is 0 Å². The van der Waals surface area contributed by atoms with Gasteiger partial charge in [-0.3, -0.25) is 5.43 Å². The van der Waals surface area contributed by atoms with Crippen LogP contribution in [0, 0.1) is 0 Å². The highest BCUT2D eigenvalue weighted by molar-refractivity contribution is 6.41. The fourth-order valence-electron chi connectivity index (χ4n) is 1.72. The molecule has 0 fully saturated rings. The second-order valence-corrected chi connectivity index (χ2v) is 5.51. The number of hydrogen-bond donors (Lipinski definition) is 1. The monoisotopic (exact) mass is 358 g/mol. The first-order valence-corrected chi connectivity index (χ1v) is 7.33. The van der Waals surface area contributed by atoms with Gasteiger partial charge in [-0.05, 0) is 24.3 Å². The third-order valence-electron chi connectivity index (χ3n) is 2.77. The van der Waals surface area contributed by atoms with Gasteiger partial charge in [0.25, 0.3) is 0 Å². The molecule has 0 atom stereocenters. The molecule has 0 spiro atoms. The van der Waals surface area contributed by atoms with E-state index in [4.69, 9.17) is 44.3 Å². The molecule has 2 aromatic carbocycles. The molecular formula is C15H13Cl3N2O2. The van der Waals surface area contributed by atoms with Gasteiger partial charge in [0.1, 0.15) is 11.5 Å². The van der Waals surface area contributed by atoms with Crippen molar-refractivity contribution >= 4 is 46.7 Å². The molecule has 0 aliphatic rings. The van der Waals surface area contributed by atoms with Gasteiger partial charge in [0.2, 0.25) is 0 Å². The summed E-state index contributed by atoms with van der Waals surface area (Å²) in [6, 6.07) is 8.58. The summed E-state index contributed by atoms with van der Waals surface area (Å²) < 4.78 is 10.4. The molecule has 22 heavy (non-hydrogen) atoms. The molecule has 0 amide bonds. The van der Waals surface area contributed by atoms with Crippen LogP contribution in [0.2, 0.25) is 15.1 Å². The third kappa shape index (κ3) is 4.19. The predicted molar refractivity (Wildman–Crippen MR) is 92.2 cm³/mol. The number of nitrogens with zero attached hydrogens (tertiary/aromatic N) is 1. The Hall–Kier alpha value is -1.62. The van der Waals surface area contributed by atoms with Crippen LogP contribution < -0.4 is 14.9 Å². The normalized spacial score (nSPS) is 10.8. The first-order valence-electron chi connectivity index (χ1n) is 6.20. The molecule has 116 valence electrons. The fraction of sp³-hybridized carbons (Fsp3) is 0.133. The molecule has 2 aromatic rings. The van der Waals surface area contributed by atoms with Gasteiger partial charge in [-0.15, -0.1) is 0 Å². The molecule has 0 bridgehead atoms. The van der Waals surface area contributed by atoms with E-state index < -0.39 is 0 Å². The number of halogens is 3. The van der Waals surface area contributed by atoms with E-state index in [0.29, 0.717) is 32.3 Å². The van der Waals surface area contributed by atoms with Gasteiger partial charge in [-0.1, -0.05) is 34.8 Å². The number of ether oxygens (including phenoxy) is 2. The van der Waals surface area contributed by atoms with E-state index in [1.54, 1.807) is 38.6 Å². The summed E-state index contributed by atoms with van der Waals surface area (Å²) in [5, 5.41) is 5.35. The number of hydrogen-bond acceptors (Lipinski definition) is 4. The van der Waals surface area contributed by atoms with Gasteiger partial charge < -0.3 is 9.47 Å². The summed E-state index contributed by atoms with van der Waals surface area (Å²) in [6.07, 6.45) is 1.60. The highest BCUT2D eigenvalue weighted by atomic mass is 35.5. The summed E-state index contributed by atoms with van der Waals surface area (Å²) in [5.41, 5.74) is 4.08. The zero-order valence-electron chi connectivity index (χ0n) is 11.9. The van der Waals surface area contributed by atoms with E-state index >= 15 is 0 Å². The first-order chi connectivity index (χ1) is 10.5. The van der Waals surface area contributed by atoms with Crippen LogP contribution in [0.15, 0.2) is 35.4 Å². The van der Waals surface area contributed by atoms with Crippen molar-refractivity contribution in [2.75, 3.05) is 19.6 Å². The Bertz CT molecular complexity index is 660. The summed E-state index contributed by atoms with van der Waals surface area (Å²) in [6.45, 7) is 0. The molecule has 0 radical (unpaired) electrons. The quantitative estimate of drug-likeness (QED) is 0.596. The maximum atomic E-state index is 6.07. The van der Waals surface area contributed by atoms with E-state index in [-0.39, 0.29) is 0 Å². The molecule has 2 rings (SSSR count). The van der Waals surface area contributed by atoms with Crippen LogP contribution >= 0.6 is 34.8 Å². The number of rotatable bonds is 5. The van der Waals surface area contributed by atoms with Crippen molar-refractivity contribution in [3.05, 3.63) is 51.0 Å². The average Bonchev–Trinajstić information content (AvgIpc) is 2.49. The van der Waals surface area contributed by atoms with Crippen molar-refractivity contribution in [2.45, 2.75) is 0 Å². The number of benzene rings is 2. The Labute approximate surface area is 143 Å². The Morgan fingerprint density at radius 1 is 0.909 bits per heavy atom. The number of nitrogens with one attached hydrogen (secondary N) is 1. The maximum absolute atomic E-state index is 6.07. The van der Waals surface area contributed by atoms with E-state index in [1.807, 2.05) is 12.1 Å². The summed E-state index contributed by atoms with van der Waals surface area (Å²) in [4.78, 5) is 0. The number of anilines is 1. The minimum absolute atomic E-state index is 0.387. The van der Waals surface area contributed by atoms with Crippen LogP contribution in [0.5, 0.6) is 11.5 Å². The van der Waals surface area contributed by atoms with Crippen molar-refractivity contribution in [2.24, 2.45) is 5.10 Å². The number of methoxy groups -OCH3 is 2. The van der Waals surface area contributed by atoms with E-state index in [0.717, 1.165) is 5.56 Å². The molecule has 1 N–H and O–H groups in total. The van der Waals surface area contributed by atoms with Gasteiger partial charge >= 0.3 is 0 Å². The topological polar surface area (TPSA) is 42.8 Å². The fourth-order valence-corrected chi connectivity index (χ4v) is 2.63. The predicted octanol–water partition coefficient (Wildman–Crippen LogP) is 5.11. The zero-order chi connectivity index (χ0) is 16.1. The molecular weight excluding hydrogens is 347 g/mol. The molecule has 0 saturated heterocycles. The SMILES string of the molecule is COc1cc(C=NNc2c(Cl)cc(Cl)cc2Cl)cc(OC)c1. The molecule has 0 heterocycles. The molecule has 0 unspecified atom stereocenters. The average molecular weight is 360 g/mol. The molecule has 0 saturated carbocycles. The lowest BCUT2D eigenvalue weighted by atomic mass is 10.2. The lowest BCUT2D eigenvalue weighted by molar-refractivity contribution is 0.394. The van der Waals surface area contributed by atoms with E-state index in [2.05, 4.69) is 10.5 Å². The molecule has 7 heteroatoms. The van der Waals surface area contributed by atoms with Crippen LogP contribution in [0.3, 0.4) is 0 Å². The smallest absolute Gasteiger partial charge is 0.123 e. The Kier molecular flexibility index (Phi) is 5.77. The van der Waals surface area contributed by atoms with Crippen molar-refractivity contribution in [1.29, 1.82) is 0 Å². The first kappa shape index (κ1) is 16.7. The minimum atomic E-state index is 0.387. The van der Waals surface area contributed by atoms with E-state index in [9.17, 15) is 0 Å². The van der Waals surface area contributed by atoms with Crippen LogP contribution in [0.25, 0.3) is 0 Å². The summed E-state index contributed by atoms with van der Waals surface area (Å²) >= 11 is 18.0. The van der Waals surface area contributed by atoms with E-state index in [1.165, 1.54) is 0 Å². The lowest BCUT2D eigenvalue weighted by Crippen LogP contribution is -1.94. The van der Waals surface area contributed by atoms with Gasteiger partial charge in [0, 0.05) is 16.7 Å². The maximum Gasteiger partial charge on any atom is 0.123 e. The zero-order valence-corrected chi connectivity index (χ0v) is 14.1. The molecule has 4 nitrogen and oxygen atoms in total. The van der Waals surface area contributed by atoms with Crippen LogP contribution in [-0.2, 0) is 0 Å². The van der Waals surface area contributed by atoms with Crippen LogP contribution in [0.4, 0.5) is 5.69 Å². The van der Waals surface area contributed by atoms with Crippen molar-refractivity contribution in [3.8, 4) is 11.5 Å². The Balaban J connectivity index is 2.20. The van der Waals surface area contributed by atoms with Gasteiger partial charge in [0.05, 0.1) is 36.2 Å². The largest absolute Gasteiger partial charge is 0.497 e. The van der Waals surface area contributed by atoms with Gasteiger partial charge in [0.15, 0.2) is 0 Å². The standard InChI is InChI=1S/C15H13Cl3N2O2/c1-21-11-3-9(4-12(7-11)22-2)8-19-20-15-13(17)5-10(16)6-14(15)18/h3-8,20H,1-2H3. The molecule has 0 aromatic heterocycles. The highest BCUT2D eigenvalue weighted by Gasteiger charge is 2.06. The van der Waals surface area contributed by atoms with Gasteiger partial charge in [-0.2, -0.15) is 5.10 Å². The molecule has 0 aliphatic heterocycles. The summed E-state index contributed by atoms with van der Waals surface area (Å²) in [5.74, 6) is 1.34. The van der Waals surface area contributed by atoms with Crippen LogP contribution in [0.1, 0.15) is 5.56 Å². The summed E-state index contributed by atoms with van der Waals surface area (Å²) in [7, 11) is 3.17. The second kappa shape index (κ2) is 7.58. The Morgan fingerprint density at radius 3 is 1.95 bits per heavy atom. The Morgan fingerprint density at radius 2 is 1.45 bits per heavy atom. The van der Waals surface area contributed by atoms with Crippen LogP contribution in [-0.4, -0.2) is 20.4 Å². The van der Waals surface area contributed by atoms with Crippen molar-refractivity contribution < 1.29 is 9.47 Å². The third-order valence-corrected chi connectivity index (χ3v) is 3.59. The second-order valence-electron chi connectivity index (χ2n) is 4.26.